The number of aliphatic hydroxyl groups excluding tert-OH is 1. The van der Waals surface area contributed by atoms with Crippen molar-refractivity contribution in [2.24, 2.45) is 0 Å². The van der Waals surface area contributed by atoms with Crippen molar-refractivity contribution in [2.75, 3.05) is 13.2 Å². The van der Waals surface area contributed by atoms with Crippen LogP contribution in [0.25, 0.3) is 0 Å². The molecule has 1 atom stereocenters. The molecule has 1 rings (SSSR count). The van der Waals surface area contributed by atoms with Crippen LogP contribution in [0.3, 0.4) is 0 Å². The quantitative estimate of drug-likeness (QED) is 0.477. The third-order valence-corrected chi connectivity index (χ3v) is 1.44. The molecule has 0 amide bonds. The molecular weight excluding hydrogens is 109 g/mol. The van der Waals surface area contributed by atoms with Crippen molar-refractivity contribution in [3.63, 3.8) is 0 Å². The molecule has 1 aliphatic rings. The zero-order valence-electron chi connectivity index (χ0n) is 4.65. The molecule has 0 spiro atoms. The molecule has 0 radical (unpaired) electrons. The van der Waals surface area contributed by atoms with Crippen molar-refractivity contribution < 1.29 is 9.50 Å². The van der Waals surface area contributed by atoms with E-state index in [1.165, 1.54) is 0 Å². The Morgan fingerprint density at radius 3 is 2.75 bits per heavy atom. The van der Waals surface area contributed by atoms with Gasteiger partial charge in [0, 0.05) is 0 Å². The van der Waals surface area contributed by atoms with Gasteiger partial charge in [0.05, 0.1) is 6.61 Å². The zero-order chi connectivity index (χ0) is 6.04. The van der Waals surface area contributed by atoms with E-state index in [2.05, 4.69) is 5.32 Å². The Hall–Kier alpha value is -0.150. The van der Waals surface area contributed by atoms with E-state index in [0.717, 1.165) is 6.42 Å². The third-order valence-electron chi connectivity index (χ3n) is 1.44. The fraction of sp³-hybridized carbons (Fsp3) is 1.00. The normalized spacial score (nSPS) is 38.2. The Kier molecular flexibility index (Phi) is 1.49. The molecule has 0 unspecified atom stereocenters. The lowest BCUT2D eigenvalue weighted by molar-refractivity contribution is 0.0573. The van der Waals surface area contributed by atoms with Crippen molar-refractivity contribution >= 4 is 0 Å². The second kappa shape index (κ2) is 1.99. The molecule has 1 heterocycles. The highest BCUT2D eigenvalue weighted by Gasteiger charge is 2.31. The summed E-state index contributed by atoms with van der Waals surface area (Å²) in [7, 11) is 0. The van der Waals surface area contributed by atoms with Crippen LogP contribution < -0.4 is 5.32 Å². The fourth-order valence-electron chi connectivity index (χ4n) is 0.904. The summed E-state index contributed by atoms with van der Waals surface area (Å²) in [6.45, 7) is 0.296. The van der Waals surface area contributed by atoms with E-state index >= 15 is 0 Å². The molecule has 2 nitrogen and oxygen atoms in total. The molecule has 2 N–H and O–H groups in total. The molecule has 8 heavy (non-hydrogen) atoms. The first-order chi connectivity index (χ1) is 3.77. The molecule has 0 saturated carbocycles. The summed E-state index contributed by atoms with van der Waals surface area (Å²) in [5, 5.41) is 11.0. The maximum atomic E-state index is 12.7. The van der Waals surface area contributed by atoms with E-state index in [0.29, 0.717) is 13.0 Å². The van der Waals surface area contributed by atoms with Crippen molar-refractivity contribution in [2.45, 2.75) is 18.6 Å². The minimum Gasteiger partial charge on any atom is -0.392 e. The van der Waals surface area contributed by atoms with Crippen molar-refractivity contribution in [1.82, 2.24) is 5.32 Å². The summed E-state index contributed by atoms with van der Waals surface area (Å²) in [5.74, 6) is -1.46. The van der Waals surface area contributed by atoms with Gasteiger partial charge in [0.2, 0.25) is 0 Å². The van der Waals surface area contributed by atoms with Crippen LogP contribution in [0.2, 0.25) is 0 Å². The van der Waals surface area contributed by atoms with E-state index in [1.54, 1.807) is 0 Å². The number of halogens is 1. The molecule has 48 valence electrons. The second-order valence-corrected chi connectivity index (χ2v) is 2.15. The molecule has 1 aliphatic heterocycles. The summed E-state index contributed by atoms with van der Waals surface area (Å²) < 4.78 is 12.7. The average molecular weight is 119 g/mol. The lowest BCUT2D eigenvalue weighted by Crippen LogP contribution is -2.38. The molecule has 1 fully saturated rings. The van der Waals surface area contributed by atoms with Crippen molar-refractivity contribution in [1.29, 1.82) is 0 Å². The standard InChI is InChI=1S/C5H10FNO/c6-5(4-8)2-1-3-7-5/h7-8H,1-4H2/t5-/m0/s1. The smallest absolute Gasteiger partial charge is 0.184 e. The Labute approximate surface area is 47.7 Å². The van der Waals surface area contributed by atoms with E-state index in [-0.39, 0.29) is 0 Å². The van der Waals surface area contributed by atoms with Gasteiger partial charge in [-0.1, -0.05) is 0 Å². The minimum absolute atomic E-state index is 0.396. The highest BCUT2D eigenvalue weighted by molar-refractivity contribution is 4.81. The van der Waals surface area contributed by atoms with Crippen LogP contribution in [0.1, 0.15) is 12.8 Å². The van der Waals surface area contributed by atoms with E-state index in [4.69, 9.17) is 5.11 Å². The summed E-state index contributed by atoms with van der Waals surface area (Å²) in [5.41, 5.74) is 0. The van der Waals surface area contributed by atoms with Crippen LogP contribution in [0.15, 0.2) is 0 Å². The van der Waals surface area contributed by atoms with Crippen LogP contribution in [0.4, 0.5) is 4.39 Å². The SMILES string of the molecule is OC[C@]1(F)CCCN1. The number of rotatable bonds is 1. The Balaban J connectivity index is 2.40. The molecule has 0 aromatic carbocycles. The molecule has 0 bridgehead atoms. The summed E-state index contributed by atoms with van der Waals surface area (Å²) in [6.07, 6.45) is 1.28. The molecule has 0 aromatic rings. The largest absolute Gasteiger partial charge is 0.392 e. The van der Waals surface area contributed by atoms with Gasteiger partial charge in [-0.2, -0.15) is 0 Å². The van der Waals surface area contributed by atoms with Crippen molar-refractivity contribution in [3.05, 3.63) is 0 Å². The van der Waals surface area contributed by atoms with Gasteiger partial charge in [-0.15, -0.1) is 0 Å². The second-order valence-electron chi connectivity index (χ2n) is 2.15. The average Bonchev–Trinajstić information content (AvgIpc) is 2.17. The number of alkyl halides is 1. The van der Waals surface area contributed by atoms with Crippen LogP contribution >= 0.6 is 0 Å². The predicted octanol–water partition coefficient (Wildman–Crippen LogP) is 0.0279. The molecule has 0 aliphatic carbocycles. The molecule has 3 heteroatoms. The fourth-order valence-corrected chi connectivity index (χ4v) is 0.904. The number of aliphatic hydroxyl groups is 1. The Morgan fingerprint density at radius 2 is 2.50 bits per heavy atom. The predicted molar refractivity (Wildman–Crippen MR) is 28.2 cm³/mol. The first kappa shape index (κ1) is 5.98. The Morgan fingerprint density at radius 1 is 1.75 bits per heavy atom. The first-order valence-electron chi connectivity index (χ1n) is 2.82. The van der Waals surface area contributed by atoms with Crippen LogP contribution in [0.5, 0.6) is 0 Å². The van der Waals surface area contributed by atoms with Crippen LogP contribution in [-0.2, 0) is 0 Å². The monoisotopic (exact) mass is 119 g/mol. The van der Waals surface area contributed by atoms with Gasteiger partial charge in [-0.3, -0.25) is 5.32 Å². The lowest BCUT2D eigenvalue weighted by Gasteiger charge is -2.14. The van der Waals surface area contributed by atoms with Gasteiger partial charge in [-0.05, 0) is 19.4 Å². The lowest BCUT2D eigenvalue weighted by atomic mass is 10.2. The highest BCUT2D eigenvalue weighted by atomic mass is 19.1. The molecule has 0 aromatic heterocycles. The van der Waals surface area contributed by atoms with Gasteiger partial charge >= 0.3 is 0 Å². The summed E-state index contributed by atoms with van der Waals surface area (Å²) >= 11 is 0. The third kappa shape index (κ3) is 0.980. The Bertz CT molecular complexity index is 80.5. The van der Waals surface area contributed by atoms with Gasteiger partial charge in [0.15, 0.2) is 5.79 Å². The van der Waals surface area contributed by atoms with E-state index < -0.39 is 12.4 Å². The number of hydrogen-bond donors (Lipinski definition) is 2. The maximum Gasteiger partial charge on any atom is 0.184 e. The first-order valence-corrected chi connectivity index (χ1v) is 2.82. The number of hydrogen-bond acceptors (Lipinski definition) is 2. The molecule has 1 saturated heterocycles. The highest BCUT2D eigenvalue weighted by Crippen LogP contribution is 2.18. The van der Waals surface area contributed by atoms with Gasteiger partial charge in [0.1, 0.15) is 0 Å². The topological polar surface area (TPSA) is 32.3 Å². The van der Waals surface area contributed by atoms with E-state index in [1.807, 2.05) is 0 Å². The zero-order valence-corrected chi connectivity index (χ0v) is 4.65. The van der Waals surface area contributed by atoms with Crippen molar-refractivity contribution in [3.8, 4) is 0 Å². The van der Waals surface area contributed by atoms with E-state index in [9.17, 15) is 4.39 Å². The molecular formula is C5H10FNO. The van der Waals surface area contributed by atoms with Crippen LogP contribution in [-0.4, -0.2) is 24.1 Å². The summed E-state index contributed by atoms with van der Waals surface area (Å²) in [6, 6.07) is 0. The number of nitrogens with one attached hydrogen (secondary N) is 1. The van der Waals surface area contributed by atoms with Gasteiger partial charge < -0.3 is 5.11 Å². The minimum atomic E-state index is -1.46. The maximum absolute atomic E-state index is 12.7. The van der Waals surface area contributed by atoms with Gasteiger partial charge in [0.25, 0.3) is 0 Å². The van der Waals surface area contributed by atoms with Crippen LogP contribution in [0, 0.1) is 0 Å². The summed E-state index contributed by atoms with van der Waals surface area (Å²) in [4.78, 5) is 0. The van der Waals surface area contributed by atoms with Gasteiger partial charge in [-0.25, -0.2) is 4.39 Å².